The number of anilines is 3. The Morgan fingerprint density at radius 3 is 1.05 bits per heavy atom. The second kappa shape index (κ2) is 24.1. The first kappa shape index (κ1) is 54.7. The number of thiocarbonyl (C=S) groups is 3. The third-order valence-corrected chi connectivity index (χ3v) is 16.3. The lowest BCUT2D eigenvalue weighted by Gasteiger charge is -2.26. The molecule has 0 atom stereocenters. The molecule has 0 radical (unpaired) electrons. The molecule has 3 fully saturated rings. The fourth-order valence-corrected chi connectivity index (χ4v) is 12.0. The zero-order valence-corrected chi connectivity index (χ0v) is 45.9. The Balaban J connectivity index is 0.978. The molecule has 0 aromatic heterocycles. The second-order valence-corrected chi connectivity index (χ2v) is 22.7. The normalized spacial score (nSPS) is 16.2. The van der Waals surface area contributed by atoms with Gasteiger partial charge in [-0.3, -0.25) is 43.5 Å². The molecule has 3 aliphatic rings. The van der Waals surface area contributed by atoms with Crippen molar-refractivity contribution in [2.24, 2.45) is 0 Å². The van der Waals surface area contributed by atoms with E-state index in [1.165, 1.54) is 0 Å². The molecule has 388 valence electrons. The van der Waals surface area contributed by atoms with Crippen LogP contribution in [-0.4, -0.2) is 98.2 Å². The number of rotatable bonds is 17. The molecule has 78 heavy (non-hydrogen) atoms. The molecule has 3 aliphatic heterocycles. The molecule has 0 spiro atoms. The van der Waals surface area contributed by atoms with Gasteiger partial charge in [-0.25, -0.2) is 0 Å². The molecule has 3 amide bonds. The summed E-state index contributed by atoms with van der Waals surface area (Å²) in [6.45, 7) is 0.534. The Kier molecular flexibility index (Phi) is 16.9. The Bertz CT molecular complexity index is 3500. The molecule has 3 saturated heterocycles. The van der Waals surface area contributed by atoms with E-state index in [2.05, 4.69) is 59.5 Å². The maximum atomic E-state index is 13.0. The van der Waals surface area contributed by atoms with Crippen molar-refractivity contribution in [2.75, 3.05) is 24.5 Å². The van der Waals surface area contributed by atoms with Gasteiger partial charge < -0.3 is 20.2 Å². The Morgan fingerprint density at radius 2 is 0.718 bits per heavy atom. The van der Waals surface area contributed by atoms with Crippen LogP contribution in [0.5, 0.6) is 0 Å². The topological polar surface area (TPSA) is 176 Å². The van der Waals surface area contributed by atoms with E-state index < -0.39 is 55.3 Å². The van der Waals surface area contributed by atoms with E-state index in [1.54, 1.807) is 18.2 Å². The van der Waals surface area contributed by atoms with Crippen molar-refractivity contribution in [3.8, 4) is 0 Å². The molecule has 19 heteroatoms. The van der Waals surface area contributed by atoms with Crippen LogP contribution in [-0.2, 0) is 28.8 Å². The number of benzene rings is 6. The predicted octanol–water partition coefficient (Wildman–Crippen LogP) is 12.1. The van der Waals surface area contributed by atoms with Crippen LogP contribution in [0.3, 0.4) is 0 Å². The van der Waals surface area contributed by atoms with Crippen LogP contribution >= 0.6 is 71.9 Å². The SMILES string of the molecule is Cc1ccc(N(c2ccc(C=C(c3ccc(/C=C4\SC(=S)N(CC(=O)O)C4=O)cc3)c3ccc(/C=C4\SC(=S)N(CC(=O)O)C4=O)cc3)cc2)c2ccc(/C=C/c3ccc(/C=C4/SC(=S)N(CC(=O)O)C4=O)cc3)cc2)cc1. The van der Waals surface area contributed by atoms with Gasteiger partial charge in [0, 0.05) is 17.1 Å². The van der Waals surface area contributed by atoms with Gasteiger partial charge in [0.25, 0.3) is 17.7 Å². The fraction of sp³-hybridized carbons (Fsp3) is 0.0678. The average Bonchev–Trinajstić information content (AvgIpc) is 3.94. The van der Waals surface area contributed by atoms with Crippen LogP contribution < -0.4 is 4.90 Å². The van der Waals surface area contributed by atoms with Crippen molar-refractivity contribution >= 4 is 180 Å². The van der Waals surface area contributed by atoms with Gasteiger partial charge in [-0.05, 0) is 118 Å². The van der Waals surface area contributed by atoms with Gasteiger partial charge in [-0.15, -0.1) is 0 Å². The number of carbonyl (C=O) groups is 6. The molecule has 3 N–H and O–H groups in total. The van der Waals surface area contributed by atoms with Crippen molar-refractivity contribution in [3.05, 3.63) is 210 Å². The summed E-state index contributed by atoms with van der Waals surface area (Å²) in [6, 6.07) is 47.7. The Morgan fingerprint density at radius 1 is 0.436 bits per heavy atom. The monoisotopic (exact) mass is 1140 g/mol. The quantitative estimate of drug-likeness (QED) is 0.0446. The van der Waals surface area contributed by atoms with E-state index in [0.717, 1.165) is 112 Å². The minimum Gasteiger partial charge on any atom is -0.480 e. The zero-order valence-electron chi connectivity index (χ0n) is 41.0. The van der Waals surface area contributed by atoms with Crippen LogP contribution in [0.15, 0.2) is 160 Å². The number of nitrogens with zero attached hydrogens (tertiary/aromatic N) is 4. The summed E-state index contributed by atoms with van der Waals surface area (Å²) < 4.78 is 0.576. The molecule has 0 unspecified atom stereocenters. The van der Waals surface area contributed by atoms with Crippen LogP contribution in [0.2, 0.25) is 0 Å². The highest BCUT2D eigenvalue weighted by Gasteiger charge is 2.35. The predicted molar refractivity (Wildman–Crippen MR) is 324 cm³/mol. The van der Waals surface area contributed by atoms with Crippen molar-refractivity contribution in [1.29, 1.82) is 0 Å². The van der Waals surface area contributed by atoms with Gasteiger partial charge in [0.2, 0.25) is 0 Å². The van der Waals surface area contributed by atoms with Crippen molar-refractivity contribution in [3.63, 3.8) is 0 Å². The highest BCUT2D eigenvalue weighted by molar-refractivity contribution is 8.27. The molecule has 0 bridgehead atoms. The number of aliphatic carboxylic acids is 3. The molecule has 0 saturated carbocycles. The first-order valence-corrected chi connectivity index (χ1v) is 27.3. The molecule has 3 heterocycles. The van der Waals surface area contributed by atoms with Gasteiger partial charge in [0.15, 0.2) is 0 Å². The van der Waals surface area contributed by atoms with E-state index in [1.807, 2.05) is 116 Å². The van der Waals surface area contributed by atoms with E-state index in [0.29, 0.717) is 25.8 Å². The highest BCUT2D eigenvalue weighted by atomic mass is 32.2. The van der Waals surface area contributed by atoms with Crippen LogP contribution in [0.25, 0.3) is 42.0 Å². The number of thioether (sulfide) groups is 3. The molecule has 6 aromatic rings. The van der Waals surface area contributed by atoms with Crippen molar-refractivity contribution in [2.45, 2.75) is 6.92 Å². The molecule has 13 nitrogen and oxygen atoms in total. The first-order valence-electron chi connectivity index (χ1n) is 23.7. The largest absolute Gasteiger partial charge is 0.480 e. The summed E-state index contributed by atoms with van der Waals surface area (Å²) in [5, 5.41) is 27.7. The van der Waals surface area contributed by atoms with E-state index in [4.69, 9.17) is 41.8 Å². The smallest absolute Gasteiger partial charge is 0.323 e. The first-order chi connectivity index (χ1) is 37.5. The average molecular weight is 1140 g/mol. The fourth-order valence-electron chi connectivity index (χ4n) is 8.28. The summed E-state index contributed by atoms with van der Waals surface area (Å²) in [5.41, 5.74) is 11.6. The lowest BCUT2D eigenvalue weighted by atomic mass is 9.94. The molecule has 6 aromatic carbocycles. The van der Waals surface area contributed by atoms with Gasteiger partial charge in [-0.2, -0.15) is 0 Å². The number of aryl methyl sites for hydroxylation is 1. The highest BCUT2D eigenvalue weighted by Crippen LogP contribution is 2.38. The Hall–Kier alpha value is -8.04. The third-order valence-electron chi connectivity index (χ3n) is 12.1. The lowest BCUT2D eigenvalue weighted by Crippen LogP contribution is -2.33. The minimum absolute atomic E-state index is 0.179. The van der Waals surface area contributed by atoms with Crippen LogP contribution in [0.4, 0.5) is 17.1 Å². The third kappa shape index (κ3) is 13.0. The summed E-state index contributed by atoms with van der Waals surface area (Å²) in [5.74, 6) is -4.81. The van der Waals surface area contributed by atoms with Gasteiger partial charge >= 0.3 is 17.9 Å². The maximum Gasteiger partial charge on any atom is 0.323 e. The molecular formula is C59H42N4O9S6. The van der Waals surface area contributed by atoms with E-state index in [-0.39, 0.29) is 13.0 Å². The molecular weight excluding hydrogens is 1100 g/mol. The van der Waals surface area contributed by atoms with Gasteiger partial charge in [0.1, 0.15) is 32.6 Å². The summed E-state index contributed by atoms with van der Waals surface area (Å²) in [6.07, 6.45) is 11.2. The number of hydrogen-bond donors (Lipinski definition) is 3. The van der Waals surface area contributed by atoms with Gasteiger partial charge in [-0.1, -0.05) is 199 Å². The number of carboxylic acids is 3. The summed E-state index contributed by atoms with van der Waals surface area (Å²) >= 11 is 19.0. The lowest BCUT2D eigenvalue weighted by molar-refractivity contribution is -0.140. The maximum absolute atomic E-state index is 13.0. The van der Waals surface area contributed by atoms with Crippen molar-refractivity contribution in [1.82, 2.24) is 14.7 Å². The van der Waals surface area contributed by atoms with Crippen molar-refractivity contribution < 1.29 is 44.1 Å². The van der Waals surface area contributed by atoms with E-state index in [9.17, 15) is 39.0 Å². The molecule has 0 aliphatic carbocycles. The van der Waals surface area contributed by atoms with Crippen LogP contribution in [0.1, 0.15) is 50.1 Å². The van der Waals surface area contributed by atoms with Crippen LogP contribution in [0, 0.1) is 6.92 Å². The standard InChI is InChI=1S/C59H42N4O9S6/c1-35-2-22-44(23-3-35)63(45-24-14-37(15-25-45)5-4-36-6-8-39(9-7-36)29-48-54(70)60(32-51(64)65)57(73)76-48)46-26-16-38(17-27-46)28-47(42-18-10-40(11-19-42)30-49-55(71)61(33-52(66)67)58(74)77-49)43-20-12-41(13-21-43)31-50-56(72)62(34-53(68)69)59(75)78-50/h2-31H,32-34H2,1H3,(H,64,65)(H,66,67)(H,68,69)/b5-4+,48-29+,49-30-,50-31-. The second-order valence-electron chi connectivity index (χ2n) is 17.6. The minimum atomic E-state index is -1.16. The number of carboxylic acid groups (broad SMARTS) is 3. The Labute approximate surface area is 476 Å². The zero-order chi connectivity index (χ0) is 55.2. The van der Waals surface area contributed by atoms with Gasteiger partial charge in [0.05, 0.1) is 14.7 Å². The number of amides is 3. The number of carbonyl (C=O) groups excluding carboxylic acids is 3. The van der Waals surface area contributed by atoms with E-state index >= 15 is 0 Å². The molecule has 9 rings (SSSR count). The summed E-state index contributed by atoms with van der Waals surface area (Å²) in [7, 11) is 0. The summed E-state index contributed by atoms with van der Waals surface area (Å²) in [4.78, 5) is 79.2. The number of hydrogen-bond acceptors (Lipinski definition) is 13.